The van der Waals surface area contributed by atoms with Crippen molar-refractivity contribution in [3.63, 3.8) is 0 Å². The number of nitrogens with one attached hydrogen (secondary N) is 2. The molecule has 0 spiro atoms. The van der Waals surface area contributed by atoms with Crippen LogP contribution in [0.1, 0.15) is 20.7 Å². The van der Waals surface area contributed by atoms with Crippen molar-refractivity contribution in [3.8, 4) is 0 Å². The Morgan fingerprint density at radius 3 is 2.03 bits per heavy atom. The zero-order valence-electron chi connectivity index (χ0n) is 15.9. The van der Waals surface area contributed by atoms with Crippen LogP contribution in [0.25, 0.3) is 0 Å². The lowest BCUT2D eigenvalue weighted by molar-refractivity contribution is -0.253. The summed E-state index contributed by atoms with van der Waals surface area (Å²) in [6.45, 7) is -0.0365. The molecule has 1 fully saturated rings. The molecule has 2 aromatic carbocycles. The number of hydrogen-bond acceptors (Lipinski definition) is 6. The average Bonchev–Trinajstić information content (AvgIpc) is 2.77. The first kappa shape index (κ1) is 20.9. The SMILES string of the molecule is CO[C@H]1O[C@H](CNC(=O)c2ccccc2)[C@@H](O)[C@@H](O)[C@@H]1NC(=O)c1ccccc1. The van der Waals surface area contributed by atoms with Gasteiger partial charge in [0.15, 0.2) is 6.29 Å². The van der Waals surface area contributed by atoms with Gasteiger partial charge in [0, 0.05) is 24.8 Å². The molecule has 8 nitrogen and oxygen atoms in total. The molecule has 2 aromatic rings. The van der Waals surface area contributed by atoms with Crippen LogP contribution in [0.5, 0.6) is 0 Å². The Kier molecular flexibility index (Phi) is 6.95. The fourth-order valence-electron chi connectivity index (χ4n) is 3.16. The second-order valence-corrected chi connectivity index (χ2v) is 6.70. The summed E-state index contributed by atoms with van der Waals surface area (Å²) in [6.07, 6.45) is -4.59. The van der Waals surface area contributed by atoms with E-state index in [1.807, 2.05) is 0 Å². The first-order chi connectivity index (χ1) is 14.0. The first-order valence-corrected chi connectivity index (χ1v) is 9.25. The quantitative estimate of drug-likeness (QED) is 0.554. The van der Waals surface area contributed by atoms with Gasteiger partial charge in [-0.25, -0.2) is 0 Å². The lowest BCUT2D eigenvalue weighted by Gasteiger charge is -2.42. The molecule has 0 aromatic heterocycles. The molecular formula is C21H24N2O6. The van der Waals surface area contributed by atoms with Gasteiger partial charge in [-0.1, -0.05) is 36.4 Å². The lowest BCUT2D eigenvalue weighted by atomic mass is 9.96. The number of aliphatic hydroxyl groups excluding tert-OH is 2. The van der Waals surface area contributed by atoms with E-state index >= 15 is 0 Å². The van der Waals surface area contributed by atoms with Crippen LogP contribution in [-0.4, -0.2) is 66.3 Å². The summed E-state index contributed by atoms with van der Waals surface area (Å²) in [5.74, 6) is -0.757. The third kappa shape index (κ3) is 4.99. The van der Waals surface area contributed by atoms with Gasteiger partial charge in [0.05, 0.1) is 0 Å². The maximum Gasteiger partial charge on any atom is 0.251 e. The Labute approximate surface area is 168 Å². The van der Waals surface area contributed by atoms with E-state index in [1.165, 1.54) is 7.11 Å². The van der Waals surface area contributed by atoms with Crippen LogP contribution in [0.2, 0.25) is 0 Å². The van der Waals surface area contributed by atoms with Gasteiger partial charge in [0.1, 0.15) is 24.4 Å². The molecule has 0 aliphatic carbocycles. The summed E-state index contributed by atoms with van der Waals surface area (Å²) in [4.78, 5) is 24.6. The number of ether oxygens (including phenoxy) is 2. The molecule has 1 aliphatic heterocycles. The Balaban J connectivity index is 1.63. The molecule has 1 heterocycles. The molecule has 2 amide bonds. The lowest BCUT2D eigenvalue weighted by Crippen LogP contribution is -2.65. The standard InChI is InChI=1S/C21H24N2O6/c1-28-21-16(23-20(27)14-10-6-3-7-11-14)18(25)17(24)15(29-21)12-22-19(26)13-8-4-2-5-9-13/h2-11,15-18,21,24-25H,12H2,1H3,(H,22,26)(H,23,27)/t15-,16+,17-,18+,21+/m1/s1. The summed E-state index contributed by atoms with van der Waals surface area (Å²) in [5.41, 5.74) is 0.871. The maximum absolute atomic E-state index is 12.4. The van der Waals surface area contributed by atoms with Crippen molar-refractivity contribution >= 4 is 11.8 Å². The highest BCUT2D eigenvalue weighted by molar-refractivity contribution is 5.94. The topological polar surface area (TPSA) is 117 Å². The van der Waals surface area contributed by atoms with E-state index in [-0.39, 0.29) is 12.5 Å². The van der Waals surface area contributed by atoms with E-state index in [2.05, 4.69) is 10.6 Å². The summed E-state index contributed by atoms with van der Waals surface area (Å²) in [7, 11) is 1.37. The van der Waals surface area contributed by atoms with E-state index in [9.17, 15) is 19.8 Å². The fraction of sp³-hybridized carbons (Fsp3) is 0.333. The number of benzene rings is 2. The maximum atomic E-state index is 12.4. The summed E-state index contributed by atoms with van der Waals surface area (Å²) < 4.78 is 11.0. The van der Waals surface area contributed by atoms with Crippen molar-refractivity contribution < 1.29 is 29.3 Å². The molecule has 1 saturated heterocycles. The number of aliphatic hydroxyl groups is 2. The summed E-state index contributed by atoms with van der Waals surface area (Å²) >= 11 is 0. The second-order valence-electron chi connectivity index (χ2n) is 6.70. The van der Waals surface area contributed by atoms with Crippen molar-refractivity contribution in [1.29, 1.82) is 0 Å². The molecule has 5 atom stereocenters. The average molecular weight is 400 g/mol. The Morgan fingerprint density at radius 2 is 1.48 bits per heavy atom. The third-order valence-electron chi connectivity index (χ3n) is 4.77. The highest BCUT2D eigenvalue weighted by Gasteiger charge is 2.45. The number of hydrogen-bond donors (Lipinski definition) is 4. The normalized spacial score (nSPS) is 26.5. The van der Waals surface area contributed by atoms with Gasteiger partial charge < -0.3 is 30.3 Å². The highest BCUT2D eigenvalue weighted by Crippen LogP contribution is 2.22. The molecule has 0 unspecified atom stereocenters. The molecule has 3 rings (SSSR count). The van der Waals surface area contributed by atoms with Crippen molar-refractivity contribution in [2.24, 2.45) is 0 Å². The Morgan fingerprint density at radius 1 is 0.931 bits per heavy atom. The van der Waals surface area contributed by atoms with E-state index in [0.29, 0.717) is 11.1 Å². The van der Waals surface area contributed by atoms with E-state index in [1.54, 1.807) is 60.7 Å². The van der Waals surface area contributed by atoms with Crippen molar-refractivity contribution in [2.45, 2.75) is 30.6 Å². The van der Waals surface area contributed by atoms with Crippen LogP contribution < -0.4 is 10.6 Å². The molecule has 29 heavy (non-hydrogen) atoms. The van der Waals surface area contributed by atoms with Crippen molar-refractivity contribution in [2.75, 3.05) is 13.7 Å². The fourth-order valence-corrected chi connectivity index (χ4v) is 3.16. The van der Waals surface area contributed by atoms with Gasteiger partial charge in [0.25, 0.3) is 11.8 Å². The van der Waals surface area contributed by atoms with E-state index < -0.39 is 36.6 Å². The Hall–Kier alpha value is -2.78. The Bertz CT molecular complexity index is 812. The van der Waals surface area contributed by atoms with Gasteiger partial charge in [-0.05, 0) is 24.3 Å². The number of carbonyl (C=O) groups is 2. The predicted octanol–water partition coefficient (Wildman–Crippen LogP) is 0.308. The molecule has 0 bridgehead atoms. The highest BCUT2D eigenvalue weighted by atomic mass is 16.7. The van der Waals surface area contributed by atoms with Crippen LogP contribution in [0, 0.1) is 0 Å². The number of amides is 2. The molecule has 0 saturated carbocycles. The minimum atomic E-state index is -1.35. The minimum absolute atomic E-state index is 0.0365. The first-order valence-electron chi connectivity index (χ1n) is 9.25. The van der Waals surface area contributed by atoms with Crippen LogP contribution in [0.3, 0.4) is 0 Å². The number of rotatable bonds is 6. The number of methoxy groups -OCH3 is 1. The second kappa shape index (κ2) is 9.62. The molecule has 8 heteroatoms. The van der Waals surface area contributed by atoms with Gasteiger partial charge in [0.2, 0.25) is 0 Å². The van der Waals surface area contributed by atoms with Crippen LogP contribution in [-0.2, 0) is 9.47 Å². The molecule has 4 N–H and O–H groups in total. The smallest absolute Gasteiger partial charge is 0.251 e. The zero-order chi connectivity index (χ0) is 20.8. The minimum Gasteiger partial charge on any atom is -0.388 e. The van der Waals surface area contributed by atoms with Gasteiger partial charge >= 0.3 is 0 Å². The number of carbonyl (C=O) groups excluding carboxylic acids is 2. The molecular weight excluding hydrogens is 376 g/mol. The van der Waals surface area contributed by atoms with E-state index in [0.717, 1.165) is 0 Å². The van der Waals surface area contributed by atoms with Crippen molar-refractivity contribution in [3.05, 3.63) is 71.8 Å². The van der Waals surface area contributed by atoms with Crippen LogP contribution >= 0.6 is 0 Å². The van der Waals surface area contributed by atoms with Gasteiger partial charge in [-0.15, -0.1) is 0 Å². The predicted molar refractivity (Wildman–Crippen MR) is 104 cm³/mol. The summed E-state index contributed by atoms with van der Waals surface area (Å²) in [5, 5.41) is 26.3. The molecule has 0 radical (unpaired) electrons. The molecule has 1 aliphatic rings. The van der Waals surface area contributed by atoms with Gasteiger partial charge in [-0.2, -0.15) is 0 Å². The van der Waals surface area contributed by atoms with Gasteiger partial charge in [-0.3, -0.25) is 9.59 Å². The van der Waals surface area contributed by atoms with E-state index in [4.69, 9.17) is 9.47 Å². The monoisotopic (exact) mass is 400 g/mol. The molecule has 154 valence electrons. The van der Waals surface area contributed by atoms with Crippen LogP contribution in [0.4, 0.5) is 0 Å². The third-order valence-corrected chi connectivity index (χ3v) is 4.77. The van der Waals surface area contributed by atoms with Crippen LogP contribution in [0.15, 0.2) is 60.7 Å². The summed E-state index contributed by atoms with van der Waals surface area (Å²) in [6, 6.07) is 16.1. The largest absolute Gasteiger partial charge is 0.388 e. The zero-order valence-corrected chi connectivity index (χ0v) is 15.9. The van der Waals surface area contributed by atoms with Crippen molar-refractivity contribution in [1.82, 2.24) is 10.6 Å².